The van der Waals surface area contributed by atoms with Gasteiger partial charge in [-0.1, -0.05) is 89.0 Å². The summed E-state index contributed by atoms with van der Waals surface area (Å²) >= 11 is 0. The van der Waals surface area contributed by atoms with Gasteiger partial charge in [-0.05, 0) is 106 Å². The third kappa shape index (κ3) is 5.40. The summed E-state index contributed by atoms with van der Waals surface area (Å²) in [6, 6.07) is 53.8. The highest BCUT2D eigenvalue weighted by molar-refractivity contribution is 6.12. The van der Waals surface area contributed by atoms with Gasteiger partial charge in [-0.2, -0.15) is 10.5 Å². The van der Waals surface area contributed by atoms with Crippen molar-refractivity contribution >= 4 is 43.6 Å². The van der Waals surface area contributed by atoms with Crippen molar-refractivity contribution in [3.8, 4) is 56.9 Å². The van der Waals surface area contributed by atoms with Gasteiger partial charge in [-0.3, -0.25) is 4.98 Å². The lowest BCUT2D eigenvalue weighted by Gasteiger charge is -2.21. The molecule has 10 aromatic rings. The van der Waals surface area contributed by atoms with Crippen molar-refractivity contribution in [2.45, 2.75) is 27.7 Å². The number of nitrogens with zero attached hydrogens (tertiary/aromatic N) is 5. The number of aromatic nitrogens is 3. The molecule has 0 radical (unpaired) electrons. The van der Waals surface area contributed by atoms with E-state index in [9.17, 15) is 10.5 Å². The van der Waals surface area contributed by atoms with Crippen molar-refractivity contribution in [3.05, 3.63) is 185 Å². The van der Waals surface area contributed by atoms with Crippen LogP contribution < -0.4 is 0 Å². The molecular formula is C53H37N5. The molecule has 3 heterocycles. The van der Waals surface area contributed by atoms with Crippen molar-refractivity contribution < 1.29 is 0 Å². The average molecular weight is 744 g/mol. The maximum atomic E-state index is 10.3. The molecule has 0 amide bonds. The summed E-state index contributed by atoms with van der Waals surface area (Å²) in [6.45, 7) is 8.56. The van der Waals surface area contributed by atoms with Crippen LogP contribution in [0.2, 0.25) is 0 Å². The smallest absolute Gasteiger partial charge is 0.101 e. The molecule has 0 bridgehead atoms. The Kier molecular flexibility index (Phi) is 8.08. The van der Waals surface area contributed by atoms with Gasteiger partial charge in [0.2, 0.25) is 0 Å². The lowest BCUT2D eigenvalue weighted by atomic mass is 9.87. The second-order valence-corrected chi connectivity index (χ2v) is 15.4. The number of pyridine rings is 1. The summed E-state index contributed by atoms with van der Waals surface area (Å²) in [7, 11) is 0. The predicted octanol–water partition coefficient (Wildman–Crippen LogP) is 13.3. The van der Waals surface area contributed by atoms with Crippen LogP contribution in [0.3, 0.4) is 0 Å². The van der Waals surface area contributed by atoms with E-state index in [-0.39, 0.29) is 0 Å². The summed E-state index contributed by atoms with van der Waals surface area (Å²) in [5.74, 6) is 0. The van der Waals surface area contributed by atoms with Gasteiger partial charge in [-0.25, -0.2) is 0 Å². The van der Waals surface area contributed by atoms with Gasteiger partial charge < -0.3 is 9.13 Å². The Morgan fingerprint density at radius 2 is 0.810 bits per heavy atom. The van der Waals surface area contributed by atoms with E-state index >= 15 is 0 Å². The molecule has 0 aliphatic carbocycles. The molecule has 0 atom stereocenters. The van der Waals surface area contributed by atoms with Gasteiger partial charge in [0.1, 0.15) is 12.1 Å². The molecule has 0 N–H and O–H groups in total. The van der Waals surface area contributed by atoms with Gasteiger partial charge >= 0.3 is 0 Å². The zero-order valence-electron chi connectivity index (χ0n) is 32.7. The van der Waals surface area contributed by atoms with Gasteiger partial charge in [0.25, 0.3) is 0 Å². The number of hydrogen-bond acceptors (Lipinski definition) is 3. The molecule has 7 aromatic carbocycles. The third-order valence-corrected chi connectivity index (χ3v) is 11.5. The topological polar surface area (TPSA) is 70.3 Å². The SMILES string of the molecule is Cc1ccc2c(c1)c1cc(C)ccc1n2-c1ccccc1-c1cncc(-c2ccccc2-n2c3ccc(C)cc3c3cc(C)ccc32)c1-c1ccc(C#N)c(C#N)c1. The Bertz CT molecular complexity index is 3110. The lowest BCUT2D eigenvalue weighted by molar-refractivity contribution is 1.17. The number of hydrogen-bond donors (Lipinski definition) is 0. The maximum Gasteiger partial charge on any atom is 0.101 e. The molecule has 0 saturated heterocycles. The Hall–Kier alpha value is -7.73. The summed E-state index contributed by atoms with van der Waals surface area (Å²) in [5, 5.41) is 25.1. The van der Waals surface area contributed by atoms with Crippen LogP contribution in [0.1, 0.15) is 33.4 Å². The highest BCUT2D eigenvalue weighted by Gasteiger charge is 2.24. The predicted molar refractivity (Wildman–Crippen MR) is 238 cm³/mol. The first-order valence-corrected chi connectivity index (χ1v) is 19.5. The quantitative estimate of drug-likeness (QED) is 0.176. The fraction of sp³-hybridized carbons (Fsp3) is 0.0755. The first-order valence-electron chi connectivity index (χ1n) is 19.5. The van der Waals surface area contributed by atoms with Gasteiger partial charge in [0.05, 0.1) is 44.6 Å². The van der Waals surface area contributed by atoms with Crippen molar-refractivity contribution in [2.24, 2.45) is 0 Å². The molecule has 0 spiro atoms. The summed E-state index contributed by atoms with van der Waals surface area (Å²) < 4.78 is 4.73. The van der Waals surface area contributed by atoms with Crippen LogP contribution in [-0.2, 0) is 0 Å². The van der Waals surface area contributed by atoms with Crippen LogP contribution in [0.5, 0.6) is 0 Å². The van der Waals surface area contributed by atoms with Crippen LogP contribution in [-0.4, -0.2) is 14.1 Å². The number of fused-ring (bicyclic) bond motifs is 6. The molecule has 5 nitrogen and oxygen atoms in total. The maximum absolute atomic E-state index is 10.3. The fourth-order valence-corrected chi connectivity index (χ4v) is 8.88. The minimum absolute atomic E-state index is 0.330. The van der Waals surface area contributed by atoms with E-state index in [1.54, 1.807) is 6.07 Å². The average Bonchev–Trinajstić information content (AvgIpc) is 3.73. The lowest BCUT2D eigenvalue weighted by Crippen LogP contribution is -2.02. The van der Waals surface area contributed by atoms with E-state index in [0.717, 1.165) is 66.8 Å². The van der Waals surface area contributed by atoms with Crippen molar-refractivity contribution in [2.75, 3.05) is 0 Å². The third-order valence-electron chi connectivity index (χ3n) is 11.5. The number of benzene rings is 7. The van der Waals surface area contributed by atoms with Gasteiger partial charge in [-0.15, -0.1) is 0 Å². The molecule has 0 unspecified atom stereocenters. The first-order chi connectivity index (χ1) is 28.3. The molecule has 274 valence electrons. The van der Waals surface area contributed by atoms with E-state index in [2.05, 4.69) is 170 Å². The van der Waals surface area contributed by atoms with Crippen molar-refractivity contribution in [3.63, 3.8) is 0 Å². The molecule has 5 heteroatoms. The number of rotatable bonds is 5. The molecule has 0 fully saturated rings. The van der Waals surface area contributed by atoms with Crippen LogP contribution in [0.4, 0.5) is 0 Å². The van der Waals surface area contributed by atoms with Crippen LogP contribution in [0, 0.1) is 50.4 Å². The zero-order chi connectivity index (χ0) is 39.7. The normalized spacial score (nSPS) is 11.4. The first kappa shape index (κ1) is 34.7. The van der Waals surface area contributed by atoms with Crippen LogP contribution in [0.15, 0.2) is 152 Å². The number of para-hydroxylation sites is 2. The van der Waals surface area contributed by atoms with E-state index in [4.69, 9.17) is 4.98 Å². The largest absolute Gasteiger partial charge is 0.309 e. The Balaban J connectivity index is 1.30. The highest BCUT2D eigenvalue weighted by atomic mass is 15.0. The minimum atomic E-state index is 0.330. The zero-order valence-corrected chi connectivity index (χ0v) is 32.7. The molecule has 58 heavy (non-hydrogen) atoms. The second-order valence-electron chi connectivity index (χ2n) is 15.4. The van der Waals surface area contributed by atoms with E-state index < -0.39 is 0 Å². The van der Waals surface area contributed by atoms with Gasteiger partial charge in [0.15, 0.2) is 0 Å². The van der Waals surface area contributed by atoms with Crippen molar-refractivity contribution in [1.29, 1.82) is 10.5 Å². The molecule has 0 aliphatic heterocycles. The molecule has 0 aliphatic rings. The monoisotopic (exact) mass is 743 g/mol. The van der Waals surface area contributed by atoms with Crippen molar-refractivity contribution in [1.82, 2.24) is 14.1 Å². The fourth-order valence-electron chi connectivity index (χ4n) is 8.88. The highest BCUT2D eigenvalue weighted by Crippen LogP contribution is 2.46. The molecule has 3 aromatic heterocycles. The summed E-state index contributed by atoms with van der Waals surface area (Å²) in [4.78, 5) is 5.00. The van der Waals surface area contributed by atoms with Crippen LogP contribution in [0.25, 0.3) is 88.4 Å². The van der Waals surface area contributed by atoms with Crippen LogP contribution >= 0.6 is 0 Å². The Morgan fingerprint density at radius 1 is 0.414 bits per heavy atom. The summed E-state index contributed by atoms with van der Waals surface area (Å²) in [6.07, 6.45) is 3.89. The van der Waals surface area contributed by atoms with Gasteiger partial charge in [0, 0.05) is 61.8 Å². The minimum Gasteiger partial charge on any atom is -0.309 e. The number of nitriles is 2. The molecule has 10 rings (SSSR count). The standard InChI is InChI=1S/C53H37N5/c1-32-13-19-49-41(23-32)42-24-33(2)14-20-50(42)57(49)47-11-7-5-9-39(47)45-30-56-31-46(53(45)36-17-18-37(28-54)38(27-36)29-55)40-10-6-8-12-48(40)58-51-21-15-34(3)25-43(51)44-26-35(4)16-22-52(44)58/h5-27,30-31H,1-4H3. The Morgan fingerprint density at radius 3 is 1.21 bits per heavy atom. The Labute approximate surface area is 336 Å². The number of aryl methyl sites for hydroxylation is 4. The van der Waals surface area contributed by atoms with E-state index in [1.165, 1.54) is 43.8 Å². The second kappa shape index (κ2) is 13.5. The molecule has 0 saturated carbocycles. The van der Waals surface area contributed by atoms with E-state index in [1.807, 2.05) is 24.5 Å². The summed E-state index contributed by atoms with van der Waals surface area (Å²) in [5.41, 5.74) is 17.6. The molecular weight excluding hydrogens is 707 g/mol. The van der Waals surface area contributed by atoms with E-state index in [0.29, 0.717) is 11.1 Å².